The van der Waals surface area contributed by atoms with E-state index in [-0.39, 0.29) is 0 Å². The maximum Gasteiger partial charge on any atom is 0.194 e. The summed E-state index contributed by atoms with van der Waals surface area (Å²) < 4.78 is 8.03. The molecule has 1 aromatic carbocycles. The molecular weight excluding hydrogens is 388 g/mol. The summed E-state index contributed by atoms with van der Waals surface area (Å²) in [6.07, 6.45) is 21.4. The molecule has 3 aromatic rings. The average molecular weight is 425 g/mol. The molecule has 0 N–H and O–H groups in total. The van der Waals surface area contributed by atoms with E-state index in [0.29, 0.717) is 0 Å². The monoisotopic (exact) mass is 424 g/mol. The summed E-state index contributed by atoms with van der Waals surface area (Å²) in [4.78, 5) is 7.36. The number of aromatic nitrogens is 2. The molecule has 3 nitrogen and oxygen atoms in total. The lowest BCUT2D eigenvalue weighted by Gasteiger charge is -2.05. The van der Waals surface area contributed by atoms with Crippen LogP contribution in [0.3, 0.4) is 0 Å². The van der Waals surface area contributed by atoms with Crippen molar-refractivity contribution < 1.29 is 4.74 Å². The molecule has 4 heteroatoms. The molecule has 0 fully saturated rings. The minimum Gasteiger partial charge on any atom is -0.493 e. The van der Waals surface area contributed by atoms with Crippen molar-refractivity contribution in [2.75, 3.05) is 6.61 Å². The largest absolute Gasteiger partial charge is 0.493 e. The first-order valence-electron chi connectivity index (χ1n) is 11.7. The van der Waals surface area contributed by atoms with Crippen LogP contribution in [0.4, 0.5) is 0 Å². The van der Waals surface area contributed by atoms with E-state index in [4.69, 9.17) is 9.72 Å². The van der Waals surface area contributed by atoms with Gasteiger partial charge in [0.2, 0.25) is 0 Å². The highest BCUT2D eigenvalue weighted by molar-refractivity contribution is 7.17. The number of ether oxygens (including phenoxy) is 1. The van der Waals surface area contributed by atoms with Crippen molar-refractivity contribution in [2.45, 2.75) is 78.1 Å². The van der Waals surface area contributed by atoms with Crippen molar-refractivity contribution in [3.05, 3.63) is 53.7 Å². The minimum absolute atomic E-state index is 0.726. The standard InChI is InChI=1S/C26H36N2OS/c1-3-5-7-9-11-13-19-29-23-17-15-22(16-18-23)25-21-28-20-24(30-26(28)27-25)14-12-10-8-6-4-2/h9,11,15-18,20-21H,3-8,10,12-14,19H2,1-2H3/b11-9-. The van der Waals surface area contributed by atoms with Crippen LogP contribution in [0.2, 0.25) is 0 Å². The number of rotatable bonds is 14. The van der Waals surface area contributed by atoms with Crippen LogP contribution in [0.15, 0.2) is 48.8 Å². The van der Waals surface area contributed by atoms with Crippen LogP contribution in [0.1, 0.15) is 76.5 Å². The Labute approximate surface area is 185 Å². The zero-order valence-electron chi connectivity index (χ0n) is 18.6. The van der Waals surface area contributed by atoms with Gasteiger partial charge in [-0.05, 0) is 49.9 Å². The fraction of sp³-hybridized carbons (Fsp3) is 0.500. The lowest BCUT2D eigenvalue weighted by Crippen LogP contribution is -1.95. The van der Waals surface area contributed by atoms with Gasteiger partial charge in [-0.2, -0.15) is 0 Å². The highest BCUT2D eigenvalue weighted by atomic mass is 32.1. The first-order chi connectivity index (χ1) is 14.8. The fourth-order valence-electron chi connectivity index (χ4n) is 3.53. The molecule has 0 bridgehead atoms. The van der Waals surface area contributed by atoms with E-state index < -0.39 is 0 Å². The molecular formula is C26H36N2OS. The first-order valence-corrected chi connectivity index (χ1v) is 12.5. The molecule has 0 spiro atoms. The van der Waals surface area contributed by atoms with E-state index in [0.717, 1.165) is 35.0 Å². The van der Waals surface area contributed by atoms with Gasteiger partial charge >= 0.3 is 0 Å². The number of nitrogens with zero attached hydrogens (tertiary/aromatic N) is 2. The molecule has 0 aliphatic carbocycles. The van der Waals surface area contributed by atoms with Gasteiger partial charge in [-0.25, -0.2) is 4.98 Å². The third-order valence-corrected chi connectivity index (χ3v) is 6.38. The Balaban J connectivity index is 1.47. The maximum atomic E-state index is 5.85. The van der Waals surface area contributed by atoms with E-state index in [1.807, 2.05) is 23.5 Å². The second-order valence-corrected chi connectivity index (χ2v) is 9.05. The molecule has 0 amide bonds. The van der Waals surface area contributed by atoms with Crippen LogP contribution in [-0.2, 0) is 6.42 Å². The number of allylic oxidation sites excluding steroid dienone is 1. The van der Waals surface area contributed by atoms with E-state index >= 15 is 0 Å². The highest BCUT2D eigenvalue weighted by Gasteiger charge is 2.08. The van der Waals surface area contributed by atoms with E-state index in [1.54, 1.807) is 0 Å². The zero-order valence-corrected chi connectivity index (χ0v) is 19.4. The Morgan fingerprint density at radius 2 is 1.67 bits per heavy atom. The van der Waals surface area contributed by atoms with Crippen molar-refractivity contribution >= 4 is 16.3 Å². The van der Waals surface area contributed by atoms with Gasteiger partial charge in [-0.15, -0.1) is 11.3 Å². The quantitative estimate of drug-likeness (QED) is 0.193. The molecule has 162 valence electrons. The van der Waals surface area contributed by atoms with Crippen LogP contribution in [0, 0.1) is 0 Å². The number of benzene rings is 1. The summed E-state index contributed by atoms with van der Waals surface area (Å²) in [7, 11) is 0. The van der Waals surface area contributed by atoms with Gasteiger partial charge in [-0.1, -0.05) is 64.5 Å². The van der Waals surface area contributed by atoms with E-state index in [9.17, 15) is 0 Å². The summed E-state index contributed by atoms with van der Waals surface area (Å²) in [6, 6.07) is 8.30. The lowest BCUT2D eigenvalue weighted by atomic mass is 10.1. The molecule has 2 heterocycles. The predicted octanol–water partition coefficient (Wildman–Crippen LogP) is 8.09. The SMILES string of the molecule is CCCC/C=C\CCOc1ccc(-c2cn3cc(CCCCCCC)sc3n2)cc1. The normalized spacial score (nSPS) is 11.7. The Morgan fingerprint density at radius 3 is 2.43 bits per heavy atom. The Morgan fingerprint density at radius 1 is 0.900 bits per heavy atom. The van der Waals surface area contributed by atoms with Crippen LogP contribution >= 0.6 is 11.3 Å². The molecule has 0 aliphatic rings. The van der Waals surface area contributed by atoms with Crippen molar-refractivity contribution in [1.29, 1.82) is 0 Å². The number of aryl methyl sites for hydroxylation is 1. The molecule has 30 heavy (non-hydrogen) atoms. The third-order valence-electron chi connectivity index (χ3n) is 5.32. The van der Waals surface area contributed by atoms with Gasteiger partial charge in [0.25, 0.3) is 0 Å². The second-order valence-electron chi connectivity index (χ2n) is 7.95. The zero-order chi connectivity index (χ0) is 21.0. The summed E-state index contributed by atoms with van der Waals surface area (Å²) in [5.74, 6) is 0.923. The summed E-state index contributed by atoms with van der Waals surface area (Å²) >= 11 is 1.82. The second kappa shape index (κ2) is 12.6. The van der Waals surface area contributed by atoms with Gasteiger partial charge in [0.05, 0.1) is 12.3 Å². The molecule has 0 atom stereocenters. The molecule has 0 saturated carbocycles. The van der Waals surface area contributed by atoms with Gasteiger partial charge in [0, 0.05) is 22.8 Å². The van der Waals surface area contributed by atoms with Gasteiger partial charge < -0.3 is 4.74 Å². The lowest BCUT2D eigenvalue weighted by molar-refractivity contribution is 0.325. The number of imidazole rings is 1. The first kappa shape index (κ1) is 22.6. The summed E-state index contributed by atoms with van der Waals surface area (Å²) in [6.45, 7) is 5.21. The Bertz CT molecular complexity index is 860. The number of hydrogen-bond donors (Lipinski definition) is 0. The van der Waals surface area contributed by atoms with Gasteiger partial charge in [0.15, 0.2) is 4.96 Å². The van der Waals surface area contributed by atoms with Crippen molar-refractivity contribution in [1.82, 2.24) is 9.38 Å². The molecule has 0 unspecified atom stereocenters. The van der Waals surface area contributed by atoms with E-state index in [2.05, 4.69) is 54.9 Å². The van der Waals surface area contributed by atoms with Crippen LogP contribution < -0.4 is 4.74 Å². The topological polar surface area (TPSA) is 26.5 Å². The number of unbranched alkanes of at least 4 members (excludes halogenated alkanes) is 6. The fourth-order valence-corrected chi connectivity index (χ4v) is 4.53. The Kier molecular flexibility index (Phi) is 9.49. The third kappa shape index (κ3) is 7.02. The Hall–Kier alpha value is -2.07. The minimum atomic E-state index is 0.726. The van der Waals surface area contributed by atoms with Crippen molar-refractivity contribution in [3.8, 4) is 17.0 Å². The summed E-state index contributed by atoms with van der Waals surface area (Å²) in [5.41, 5.74) is 2.17. The predicted molar refractivity (Wildman–Crippen MR) is 130 cm³/mol. The molecule has 0 aliphatic heterocycles. The maximum absolute atomic E-state index is 5.85. The molecule has 3 rings (SSSR count). The number of fused-ring (bicyclic) bond motifs is 1. The van der Waals surface area contributed by atoms with Crippen LogP contribution in [-0.4, -0.2) is 16.0 Å². The smallest absolute Gasteiger partial charge is 0.194 e. The van der Waals surface area contributed by atoms with Gasteiger partial charge in [0.1, 0.15) is 5.75 Å². The van der Waals surface area contributed by atoms with Crippen molar-refractivity contribution in [3.63, 3.8) is 0 Å². The molecule has 0 saturated heterocycles. The molecule has 0 radical (unpaired) electrons. The number of hydrogen-bond acceptors (Lipinski definition) is 3. The molecule has 2 aromatic heterocycles. The van der Waals surface area contributed by atoms with Gasteiger partial charge in [-0.3, -0.25) is 4.40 Å². The van der Waals surface area contributed by atoms with Crippen LogP contribution in [0.25, 0.3) is 16.2 Å². The number of thiazole rings is 1. The van der Waals surface area contributed by atoms with E-state index in [1.165, 1.54) is 62.7 Å². The highest BCUT2D eigenvalue weighted by Crippen LogP contribution is 2.26. The summed E-state index contributed by atoms with van der Waals surface area (Å²) in [5, 5.41) is 0. The van der Waals surface area contributed by atoms with Crippen molar-refractivity contribution in [2.24, 2.45) is 0 Å². The van der Waals surface area contributed by atoms with Crippen LogP contribution in [0.5, 0.6) is 5.75 Å². The average Bonchev–Trinajstić information content (AvgIpc) is 3.32.